The molecule has 120 valence electrons. The highest BCUT2D eigenvalue weighted by molar-refractivity contribution is 7.80. The number of carboxylic acids is 1. The minimum atomic E-state index is -1.07. The van der Waals surface area contributed by atoms with Crippen LogP contribution in [0.5, 0.6) is 0 Å². The van der Waals surface area contributed by atoms with Gasteiger partial charge in [0.05, 0.1) is 16.8 Å². The van der Waals surface area contributed by atoms with E-state index in [0.29, 0.717) is 28.7 Å². The van der Waals surface area contributed by atoms with Gasteiger partial charge in [-0.3, -0.25) is 5.43 Å². The van der Waals surface area contributed by atoms with Crippen molar-refractivity contribution in [2.75, 3.05) is 6.54 Å². The first-order valence-corrected chi connectivity index (χ1v) is 7.50. The lowest BCUT2D eigenvalue weighted by molar-refractivity contribution is 0.0697. The van der Waals surface area contributed by atoms with Crippen molar-refractivity contribution < 1.29 is 14.3 Å². The molecule has 2 aromatic rings. The van der Waals surface area contributed by atoms with Crippen LogP contribution in [0.2, 0.25) is 5.02 Å². The van der Waals surface area contributed by atoms with E-state index in [9.17, 15) is 4.79 Å². The zero-order chi connectivity index (χ0) is 16.8. The molecule has 0 amide bonds. The fourth-order valence-electron chi connectivity index (χ4n) is 1.77. The Morgan fingerprint density at radius 2 is 2.22 bits per heavy atom. The number of nitrogens with zero attached hydrogens (tertiary/aromatic N) is 1. The number of nitrogens with one attached hydrogen (secondary N) is 2. The Morgan fingerprint density at radius 1 is 1.43 bits per heavy atom. The molecule has 0 spiro atoms. The molecule has 2 rings (SSSR count). The zero-order valence-electron chi connectivity index (χ0n) is 12.2. The van der Waals surface area contributed by atoms with Crippen molar-refractivity contribution in [1.82, 2.24) is 10.7 Å². The molecular weight excluding hydrogens is 338 g/mol. The number of benzene rings is 1. The van der Waals surface area contributed by atoms with Crippen molar-refractivity contribution in [2.45, 2.75) is 6.92 Å². The topological polar surface area (TPSA) is 86.9 Å². The summed E-state index contributed by atoms with van der Waals surface area (Å²) in [6.45, 7) is 2.64. The number of furan rings is 1. The third-order valence-electron chi connectivity index (χ3n) is 2.81. The lowest BCUT2D eigenvalue weighted by atomic mass is 10.1. The third kappa shape index (κ3) is 4.54. The number of hydrazone groups is 1. The predicted molar refractivity (Wildman–Crippen MR) is 93.1 cm³/mol. The highest BCUT2D eigenvalue weighted by Gasteiger charge is 2.11. The first-order valence-electron chi connectivity index (χ1n) is 6.71. The average molecular weight is 352 g/mol. The van der Waals surface area contributed by atoms with E-state index in [1.165, 1.54) is 12.3 Å². The molecule has 0 fully saturated rings. The molecule has 23 heavy (non-hydrogen) atoms. The molecule has 8 heteroatoms. The maximum absolute atomic E-state index is 10.9. The first kappa shape index (κ1) is 17.0. The van der Waals surface area contributed by atoms with Crippen LogP contribution in [-0.2, 0) is 0 Å². The third-order valence-corrected chi connectivity index (χ3v) is 3.35. The van der Waals surface area contributed by atoms with Crippen molar-refractivity contribution in [3.63, 3.8) is 0 Å². The van der Waals surface area contributed by atoms with Crippen molar-refractivity contribution >= 4 is 41.1 Å². The molecule has 0 atom stereocenters. The molecule has 0 aliphatic heterocycles. The molecule has 0 bridgehead atoms. The summed E-state index contributed by atoms with van der Waals surface area (Å²) in [6.07, 6.45) is 1.49. The van der Waals surface area contributed by atoms with Gasteiger partial charge in [-0.1, -0.05) is 17.7 Å². The molecule has 0 aliphatic rings. The van der Waals surface area contributed by atoms with Gasteiger partial charge >= 0.3 is 5.97 Å². The quantitative estimate of drug-likeness (QED) is 0.436. The minimum Gasteiger partial charge on any atom is -0.478 e. The largest absolute Gasteiger partial charge is 0.478 e. The van der Waals surface area contributed by atoms with Gasteiger partial charge in [0.1, 0.15) is 11.5 Å². The maximum Gasteiger partial charge on any atom is 0.337 e. The van der Waals surface area contributed by atoms with Gasteiger partial charge < -0.3 is 14.8 Å². The Morgan fingerprint density at radius 3 is 2.87 bits per heavy atom. The summed E-state index contributed by atoms with van der Waals surface area (Å²) in [5.41, 5.74) is 3.38. The second-order valence-corrected chi connectivity index (χ2v) is 5.25. The van der Waals surface area contributed by atoms with Crippen molar-refractivity contribution in [3.8, 4) is 11.3 Å². The highest BCUT2D eigenvalue weighted by atomic mass is 35.5. The maximum atomic E-state index is 10.9. The Labute approximate surface area is 143 Å². The normalized spacial score (nSPS) is 10.7. The Balaban J connectivity index is 2.10. The number of hydrogen-bond donors (Lipinski definition) is 3. The molecule has 3 N–H and O–H groups in total. The second-order valence-electron chi connectivity index (χ2n) is 4.43. The Kier molecular flexibility index (Phi) is 5.72. The van der Waals surface area contributed by atoms with Crippen LogP contribution in [-0.4, -0.2) is 28.9 Å². The monoisotopic (exact) mass is 351 g/mol. The molecule has 1 aromatic heterocycles. The average Bonchev–Trinajstić information content (AvgIpc) is 2.96. The summed E-state index contributed by atoms with van der Waals surface area (Å²) in [4.78, 5) is 10.9. The van der Waals surface area contributed by atoms with Gasteiger partial charge in [0.25, 0.3) is 0 Å². The number of aromatic carboxylic acids is 1. The second kappa shape index (κ2) is 7.75. The van der Waals surface area contributed by atoms with Gasteiger partial charge in [-0.05, 0) is 43.4 Å². The number of hydrogen-bond acceptors (Lipinski definition) is 4. The van der Waals surface area contributed by atoms with Crippen LogP contribution in [0, 0.1) is 0 Å². The highest BCUT2D eigenvalue weighted by Crippen LogP contribution is 2.27. The molecule has 0 unspecified atom stereocenters. The van der Waals surface area contributed by atoms with E-state index in [2.05, 4.69) is 15.8 Å². The standard InChI is InChI=1S/C15H14ClN3O3S/c1-2-17-15(23)19-18-8-10-4-6-13(22-10)9-3-5-11(14(20)21)12(16)7-9/h3-8H,2H2,1H3,(H,20,21)(H2,17,19,23)/b18-8-. The van der Waals surface area contributed by atoms with E-state index in [1.807, 2.05) is 6.92 Å². The van der Waals surface area contributed by atoms with Crippen molar-refractivity contribution in [2.24, 2.45) is 5.10 Å². The molecule has 0 saturated heterocycles. The minimum absolute atomic E-state index is 0.0462. The predicted octanol–water partition coefficient (Wildman–Crippen LogP) is 3.12. The zero-order valence-corrected chi connectivity index (χ0v) is 13.7. The summed E-state index contributed by atoms with van der Waals surface area (Å²) in [5.74, 6) is 0.00123. The van der Waals surface area contributed by atoms with Crippen LogP contribution >= 0.6 is 23.8 Å². The smallest absolute Gasteiger partial charge is 0.337 e. The molecule has 1 heterocycles. The number of rotatable bonds is 5. The molecule has 1 aromatic carbocycles. The summed E-state index contributed by atoms with van der Waals surface area (Å²) in [5, 5.41) is 16.4. The molecule has 0 saturated carbocycles. The Hall–Kier alpha value is -2.38. The van der Waals surface area contributed by atoms with E-state index in [-0.39, 0.29) is 10.6 Å². The van der Waals surface area contributed by atoms with Crippen LogP contribution in [0.1, 0.15) is 23.0 Å². The van der Waals surface area contributed by atoms with Gasteiger partial charge in [0, 0.05) is 12.1 Å². The fraction of sp³-hybridized carbons (Fsp3) is 0.133. The van der Waals surface area contributed by atoms with Gasteiger partial charge in [0.15, 0.2) is 5.11 Å². The van der Waals surface area contributed by atoms with Crippen LogP contribution in [0.15, 0.2) is 39.9 Å². The van der Waals surface area contributed by atoms with Crippen LogP contribution in [0.4, 0.5) is 0 Å². The number of halogens is 1. The Bertz CT molecular complexity index is 758. The van der Waals surface area contributed by atoms with Crippen LogP contribution in [0.25, 0.3) is 11.3 Å². The summed E-state index contributed by atoms with van der Waals surface area (Å²) >= 11 is 10.9. The van der Waals surface area contributed by atoms with Gasteiger partial charge in [-0.25, -0.2) is 4.79 Å². The van der Waals surface area contributed by atoms with Crippen molar-refractivity contribution in [1.29, 1.82) is 0 Å². The van der Waals surface area contributed by atoms with E-state index in [4.69, 9.17) is 33.3 Å². The van der Waals surface area contributed by atoms with Gasteiger partial charge in [0.2, 0.25) is 0 Å². The van der Waals surface area contributed by atoms with E-state index >= 15 is 0 Å². The van der Waals surface area contributed by atoms with Gasteiger partial charge in [-0.15, -0.1) is 0 Å². The van der Waals surface area contributed by atoms with E-state index in [0.717, 1.165) is 0 Å². The first-order chi connectivity index (χ1) is 11.0. The summed E-state index contributed by atoms with van der Waals surface area (Å²) in [7, 11) is 0. The van der Waals surface area contributed by atoms with E-state index in [1.54, 1.807) is 24.3 Å². The molecule has 0 aliphatic carbocycles. The fourth-order valence-corrected chi connectivity index (χ4v) is 2.23. The summed E-state index contributed by atoms with van der Waals surface area (Å²) < 4.78 is 5.61. The summed E-state index contributed by atoms with van der Waals surface area (Å²) in [6, 6.07) is 8.09. The van der Waals surface area contributed by atoms with E-state index < -0.39 is 5.97 Å². The lowest BCUT2D eigenvalue weighted by Crippen LogP contribution is -2.31. The SMILES string of the molecule is CCNC(=S)N/N=C\c1ccc(-c2ccc(C(=O)O)c(Cl)c2)o1. The van der Waals surface area contributed by atoms with Crippen LogP contribution in [0.3, 0.4) is 0 Å². The number of carboxylic acid groups (broad SMARTS) is 1. The van der Waals surface area contributed by atoms with Crippen molar-refractivity contribution in [3.05, 3.63) is 46.7 Å². The van der Waals surface area contributed by atoms with Gasteiger partial charge in [-0.2, -0.15) is 5.10 Å². The molecular formula is C15H14ClN3O3S. The molecule has 6 nitrogen and oxygen atoms in total. The lowest BCUT2D eigenvalue weighted by Gasteiger charge is -2.02. The van der Waals surface area contributed by atoms with Crippen LogP contribution < -0.4 is 10.7 Å². The molecule has 0 radical (unpaired) electrons. The number of carbonyl (C=O) groups is 1. The number of thiocarbonyl (C=S) groups is 1.